The molecule has 0 aromatic carbocycles. The normalized spacial score (nSPS) is 23.7. The average Bonchev–Trinajstić information content (AvgIpc) is 3.12. The van der Waals surface area contributed by atoms with Crippen molar-refractivity contribution in [3.05, 3.63) is 23.1 Å². The van der Waals surface area contributed by atoms with Gasteiger partial charge < -0.3 is 9.32 Å². The quantitative estimate of drug-likeness (QED) is 0.838. The van der Waals surface area contributed by atoms with Gasteiger partial charge in [0, 0.05) is 25.6 Å². The number of nitrogens with zero attached hydrogens (tertiary/aromatic N) is 2. The number of furan rings is 1. The molecule has 1 aromatic heterocycles. The maximum atomic E-state index is 12.2. The maximum absolute atomic E-state index is 12.2. The summed E-state index contributed by atoms with van der Waals surface area (Å²) in [6, 6.07) is 4.19. The van der Waals surface area contributed by atoms with Crippen LogP contribution in [0, 0.1) is 5.92 Å². The van der Waals surface area contributed by atoms with Crippen LogP contribution in [0.1, 0.15) is 37.9 Å². The fourth-order valence-electron chi connectivity index (χ4n) is 3.71. The van der Waals surface area contributed by atoms with Gasteiger partial charge in [-0.2, -0.15) is 0 Å². The zero-order chi connectivity index (χ0) is 14.8. The standard InChI is InChI=1S/C16H23ClN2O2/c1-18(11-14-6-7-15(17)21-14)9-12-8-16(20)19(10-12)13-4-2-3-5-13/h6-7,12-13H,2-5,8-11H2,1H3. The summed E-state index contributed by atoms with van der Waals surface area (Å²) in [5, 5.41) is 0.432. The van der Waals surface area contributed by atoms with Gasteiger partial charge in [-0.15, -0.1) is 0 Å². The summed E-state index contributed by atoms with van der Waals surface area (Å²) in [5.74, 6) is 1.66. The van der Waals surface area contributed by atoms with Crippen molar-refractivity contribution in [3.8, 4) is 0 Å². The molecule has 2 aliphatic rings. The van der Waals surface area contributed by atoms with E-state index in [1.54, 1.807) is 6.07 Å². The van der Waals surface area contributed by atoms with E-state index in [1.807, 2.05) is 6.07 Å². The van der Waals surface area contributed by atoms with E-state index in [9.17, 15) is 4.79 Å². The number of carbonyl (C=O) groups excluding carboxylic acids is 1. The summed E-state index contributed by atoms with van der Waals surface area (Å²) in [6.07, 6.45) is 5.63. The van der Waals surface area contributed by atoms with Crippen molar-refractivity contribution in [2.75, 3.05) is 20.1 Å². The number of halogens is 1. The van der Waals surface area contributed by atoms with Crippen molar-refractivity contribution in [1.29, 1.82) is 0 Å². The van der Waals surface area contributed by atoms with Crippen LogP contribution in [-0.2, 0) is 11.3 Å². The molecule has 1 aliphatic heterocycles. The lowest BCUT2D eigenvalue weighted by Gasteiger charge is -2.25. The van der Waals surface area contributed by atoms with Gasteiger partial charge >= 0.3 is 0 Å². The van der Waals surface area contributed by atoms with E-state index in [2.05, 4.69) is 16.8 Å². The van der Waals surface area contributed by atoms with Crippen LogP contribution in [0.25, 0.3) is 0 Å². The molecule has 116 valence electrons. The number of hydrogen-bond acceptors (Lipinski definition) is 3. The van der Waals surface area contributed by atoms with Gasteiger partial charge in [-0.25, -0.2) is 0 Å². The SMILES string of the molecule is CN(Cc1ccc(Cl)o1)CC1CC(=O)N(C2CCCC2)C1. The Balaban J connectivity index is 1.50. The summed E-state index contributed by atoms with van der Waals surface area (Å²) >= 11 is 5.79. The molecule has 0 radical (unpaired) electrons. The molecule has 2 fully saturated rings. The van der Waals surface area contributed by atoms with Crippen LogP contribution in [0.4, 0.5) is 0 Å². The molecule has 1 saturated heterocycles. The fraction of sp³-hybridized carbons (Fsp3) is 0.688. The second-order valence-electron chi connectivity index (χ2n) is 6.46. The largest absolute Gasteiger partial charge is 0.448 e. The first-order valence-corrected chi connectivity index (χ1v) is 8.22. The van der Waals surface area contributed by atoms with E-state index in [-0.39, 0.29) is 0 Å². The van der Waals surface area contributed by atoms with Crippen molar-refractivity contribution in [1.82, 2.24) is 9.80 Å². The summed E-state index contributed by atoms with van der Waals surface area (Å²) < 4.78 is 5.39. The molecule has 0 spiro atoms. The molecule has 1 saturated carbocycles. The van der Waals surface area contributed by atoms with Gasteiger partial charge in [-0.05, 0) is 49.5 Å². The lowest BCUT2D eigenvalue weighted by atomic mass is 10.1. The summed E-state index contributed by atoms with van der Waals surface area (Å²) in [5.41, 5.74) is 0. The predicted octanol–water partition coefficient (Wildman–Crippen LogP) is 3.16. The van der Waals surface area contributed by atoms with Crippen molar-refractivity contribution < 1.29 is 9.21 Å². The molecule has 0 bridgehead atoms. The van der Waals surface area contributed by atoms with E-state index in [0.29, 0.717) is 29.5 Å². The van der Waals surface area contributed by atoms with Gasteiger partial charge in [0.1, 0.15) is 5.76 Å². The number of amides is 1. The van der Waals surface area contributed by atoms with Crippen molar-refractivity contribution >= 4 is 17.5 Å². The Bertz CT molecular complexity index is 496. The molecule has 3 rings (SSSR count). The molecule has 5 heteroatoms. The van der Waals surface area contributed by atoms with Gasteiger partial charge in [-0.3, -0.25) is 9.69 Å². The molecule has 1 amide bonds. The first-order valence-electron chi connectivity index (χ1n) is 7.84. The minimum absolute atomic E-state index is 0.348. The van der Waals surface area contributed by atoms with Gasteiger partial charge in [0.2, 0.25) is 5.91 Å². The van der Waals surface area contributed by atoms with Crippen LogP contribution in [0.3, 0.4) is 0 Å². The van der Waals surface area contributed by atoms with E-state index in [4.69, 9.17) is 16.0 Å². The number of hydrogen-bond donors (Lipinski definition) is 0. The van der Waals surface area contributed by atoms with Gasteiger partial charge in [0.05, 0.1) is 6.54 Å². The van der Waals surface area contributed by atoms with Crippen molar-refractivity contribution in [2.24, 2.45) is 5.92 Å². The third kappa shape index (κ3) is 3.61. The van der Waals surface area contributed by atoms with Crippen LogP contribution in [0.2, 0.25) is 5.22 Å². The first kappa shape index (κ1) is 14.9. The van der Waals surface area contributed by atoms with Crippen LogP contribution >= 0.6 is 11.6 Å². The van der Waals surface area contributed by atoms with E-state index in [0.717, 1.165) is 25.4 Å². The molecule has 21 heavy (non-hydrogen) atoms. The van der Waals surface area contributed by atoms with Gasteiger partial charge in [0.15, 0.2) is 5.22 Å². The van der Waals surface area contributed by atoms with E-state index in [1.165, 1.54) is 25.7 Å². The molecular formula is C16H23ClN2O2. The summed E-state index contributed by atoms with van der Waals surface area (Å²) in [7, 11) is 2.07. The number of carbonyl (C=O) groups is 1. The maximum Gasteiger partial charge on any atom is 0.223 e. The van der Waals surface area contributed by atoms with Crippen LogP contribution in [0.5, 0.6) is 0 Å². The highest BCUT2D eigenvalue weighted by atomic mass is 35.5. The van der Waals surface area contributed by atoms with Crippen molar-refractivity contribution in [3.63, 3.8) is 0 Å². The Morgan fingerprint density at radius 3 is 2.81 bits per heavy atom. The average molecular weight is 311 g/mol. The Hall–Kier alpha value is -1.00. The lowest BCUT2D eigenvalue weighted by Crippen LogP contribution is -2.35. The van der Waals surface area contributed by atoms with Crippen LogP contribution < -0.4 is 0 Å². The highest BCUT2D eigenvalue weighted by molar-refractivity contribution is 6.28. The molecule has 4 nitrogen and oxygen atoms in total. The minimum Gasteiger partial charge on any atom is -0.448 e. The lowest BCUT2D eigenvalue weighted by molar-refractivity contribution is -0.129. The van der Waals surface area contributed by atoms with Crippen LogP contribution in [0.15, 0.2) is 16.5 Å². The molecule has 0 N–H and O–H groups in total. The van der Waals surface area contributed by atoms with E-state index < -0.39 is 0 Å². The topological polar surface area (TPSA) is 36.7 Å². The molecule has 1 aromatic rings. The third-order valence-electron chi connectivity index (χ3n) is 4.63. The second kappa shape index (κ2) is 6.41. The number of likely N-dealkylation sites (tertiary alicyclic amines) is 1. The Kier molecular flexibility index (Phi) is 4.55. The second-order valence-corrected chi connectivity index (χ2v) is 6.83. The Morgan fingerprint density at radius 2 is 2.14 bits per heavy atom. The molecular weight excluding hydrogens is 288 g/mol. The molecule has 2 heterocycles. The predicted molar refractivity (Wildman–Crippen MR) is 82.1 cm³/mol. The molecule has 1 unspecified atom stereocenters. The minimum atomic E-state index is 0.348. The summed E-state index contributed by atoms with van der Waals surface area (Å²) in [4.78, 5) is 16.5. The zero-order valence-electron chi connectivity index (χ0n) is 12.6. The monoisotopic (exact) mass is 310 g/mol. The number of rotatable bonds is 5. The summed E-state index contributed by atoms with van der Waals surface area (Å²) in [6.45, 7) is 2.58. The third-order valence-corrected chi connectivity index (χ3v) is 4.83. The highest BCUT2D eigenvalue weighted by Crippen LogP contribution is 2.29. The van der Waals surface area contributed by atoms with Gasteiger partial charge in [0.25, 0.3) is 0 Å². The zero-order valence-corrected chi connectivity index (χ0v) is 13.3. The van der Waals surface area contributed by atoms with Gasteiger partial charge in [-0.1, -0.05) is 12.8 Å². The van der Waals surface area contributed by atoms with Crippen LogP contribution in [-0.4, -0.2) is 41.9 Å². The highest BCUT2D eigenvalue weighted by Gasteiger charge is 2.35. The van der Waals surface area contributed by atoms with E-state index >= 15 is 0 Å². The smallest absolute Gasteiger partial charge is 0.223 e. The Labute approximate surface area is 131 Å². The fourth-order valence-corrected chi connectivity index (χ4v) is 3.87. The Morgan fingerprint density at radius 1 is 1.38 bits per heavy atom. The first-order chi connectivity index (χ1) is 10.1. The molecule has 1 atom stereocenters. The molecule has 1 aliphatic carbocycles. The van der Waals surface area contributed by atoms with Crippen molar-refractivity contribution in [2.45, 2.75) is 44.7 Å².